The van der Waals surface area contributed by atoms with E-state index in [1.165, 1.54) is 0 Å². The number of nitrogens with zero attached hydrogens (tertiary/aromatic N) is 4. The minimum absolute atomic E-state index is 0.534. The normalized spacial score (nSPS) is 10.7. The Hall–Kier alpha value is -4.07. The monoisotopic (exact) mass is 417 g/mol. The molecule has 0 aliphatic heterocycles. The summed E-state index contributed by atoms with van der Waals surface area (Å²) in [5, 5.41) is 4.20. The molecule has 2 aromatic carbocycles. The fraction of sp³-hybridized carbons (Fsp3) is 0.174. The molecule has 8 nitrogen and oxygen atoms in total. The molecule has 4 rings (SSSR count). The first-order valence-corrected chi connectivity index (χ1v) is 9.58. The highest BCUT2D eigenvalue weighted by Crippen LogP contribution is 2.39. The van der Waals surface area contributed by atoms with E-state index in [0.717, 1.165) is 22.2 Å². The number of ether oxygens (including phenoxy) is 3. The lowest BCUT2D eigenvalue weighted by atomic mass is 10.2. The van der Waals surface area contributed by atoms with Crippen molar-refractivity contribution in [2.75, 3.05) is 26.6 Å². The van der Waals surface area contributed by atoms with Gasteiger partial charge in [0.15, 0.2) is 17.3 Å². The molecule has 0 spiro atoms. The molecule has 4 aromatic rings. The summed E-state index contributed by atoms with van der Waals surface area (Å²) >= 11 is 0. The van der Waals surface area contributed by atoms with Gasteiger partial charge in [-0.3, -0.25) is 0 Å². The van der Waals surface area contributed by atoms with Gasteiger partial charge < -0.3 is 24.1 Å². The molecule has 1 N–H and O–H groups in total. The third-order valence-corrected chi connectivity index (χ3v) is 4.76. The van der Waals surface area contributed by atoms with Crippen LogP contribution in [0.15, 0.2) is 55.5 Å². The number of hydrogen-bond acceptors (Lipinski definition) is 7. The Morgan fingerprint density at radius 1 is 1.00 bits per heavy atom. The van der Waals surface area contributed by atoms with E-state index in [1.54, 1.807) is 27.7 Å². The van der Waals surface area contributed by atoms with E-state index in [4.69, 9.17) is 14.2 Å². The first-order valence-electron chi connectivity index (χ1n) is 9.58. The number of methoxy groups -OCH3 is 3. The van der Waals surface area contributed by atoms with E-state index in [1.807, 2.05) is 54.1 Å². The number of allylic oxidation sites excluding steroid dienone is 1. The highest BCUT2D eigenvalue weighted by atomic mass is 16.5. The Balaban J connectivity index is 1.72. The molecule has 0 fully saturated rings. The summed E-state index contributed by atoms with van der Waals surface area (Å²) in [4.78, 5) is 13.7. The summed E-state index contributed by atoms with van der Waals surface area (Å²) in [7, 11) is 4.74. The second-order valence-corrected chi connectivity index (χ2v) is 6.87. The van der Waals surface area contributed by atoms with Gasteiger partial charge in [0.25, 0.3) is 0 Å². The van der Waals surface area contributed by atoms with E-state index in [0.29, 0.717) is 34.7 Å². The molecule has 158 valence electrons. The summed E-state index contributed by atoms with van der Waals surface area (Å²) in [5.41, 5.74) is 2.43. The molecule has 0 saturated carbocycles. The van der Waals surface area contributed by atoms with Crippen molar-refractivity contribution in [3.8, 4) is 22.9 Å². The van der Waals surface area contributed by atoms with Crippen LogP contribution in [0.25, 0.3) is 22.2 Å². The molecule has 0 unspecified atom stereocenters. The number of imidazole rings is 1. The number of nitrogens with one attached hydrogen (secondary N) is 1. The van der Waals surface area contributed by atoms with Crippen LogP contribution in [-0.2, 0) is 0 Å². The maximum absolute atomic E-state index is 5.45. The number of benzene rings is 2. The number of fused-ring (bicyclic) bond motifs is 1. The minimum atomic E-state index is 0.534. The lowest BCUT2D eigenvalue weighted by molar-refractivity contribution is 0.324. The third-order valence-electron chi connectivity index (χ3n) is 4.76. The van der Waals surface area contributed by atoms with Crippen LogP contribution < -0.4 is 19.5 Å². The quantitative estimate of drug-likeness (QED) is 0.470. The maximum Gasteiger partial charge on any atom is 0.203 e. The number of aromatic nitrogens is 4. The maximum atomic E-state index is 5.45. The number of para-hydroxylation sites is 1. The summed E-state index contributed by atoms with van der Waals surface area (Å²) in [6.07, 6.45) is 3.56. The average molecular weight is 417 g/mol. The lowest BCUT2D eigenvalue weighted by Gasteiger charge is -2.14. The Bertz CT molecular complexity index is 1240. The van der Waals surface area contributed by atoms with Gasteiger partial charge in [-0.1, -0.05) is 18.7 Å². The minimum Gasteiger partial charge on any atom is -0.493 e. The van der Waals surface area contributed by atoms with Gasteiger partial charge in [-0.2, -0.15) is 0 Å². The Kier molecular flexibility index (Phi) is 5.44. The molecule has 0 radical (unpaired) electrons. The highest BCUT2D eigenvalue weighted by molar-refractivity contribution is 5.91. The largest absolute Gasteiger partial charge is 0.493 e. The molecule has 0 atom stereocenters. The fourth-order valence-corrected chi connectivity index (χ4v) is 3.23. The van der Waals surface area contributed by atoms with Crippen LogP contribution in [0, 0.1) is 0 Å². The predicted octanol–water partition coefficient (Wildman–Crippen LogP) is 4.62. The zero-order valence-corrected chi connectivity index (χ0v) is 17.8. The van der Waals surface area contributed by atoms with Crippen LogP contribution in [-0.4, -0.2) is 40.8 Å². The van der Waals surface area contributed by atoms with Gasteiger partial charge in [-0.25, -0.2) is 15.0 Å². The molecular formula is C23H23N5O3. The van der Waals surface area contributed by atoms with E-state index >= 15 is 0 Å². The van der Waals surface area contributed by atoms with Crippen LogP contribution in [0.2, 0.25) is 0 Å². The van der Waals surface area contributed by atoms with Crippen molar-refractivity contribution >= 4 is 28.1 Å². The van der Waals surface area contributed by atoms with Gasteiger partial charge in [0.2, 0.25) is 5.75 Å². The topological polar surface area (TPSA) is 83.3 Å². The Morgan fingerprint density at radius 2 is 1.71 bits per heavy atom. The van der Waals surface area contributed by atoms with Crippen molar-refractivity contribution in [1.29, 1.82) is 0 Å². The number of anilines is 2. The standard InChI is InChI=1S/C23H23N5O3/c1-14(2)22-25-17-9-7-6-8-16(17)23(27-22)26-20-12-28(13-24-20)15-10-18(29-3)21(31-5)19(11-15)30-4/h6-13H,1H2,2-5H3,(H,25,26,27). The van der Waals surface area contributed by atoms with Crippen LogP contribution in [0.5, 0.6) is 17.2 Å². The van der Waals surface area contributed by atoms with Crippen LogP contribution in [0.4, 0.5) is 11.6 Å². The molecule has 0 amide bonds. The Labute approximate surface area is 180 Å². The van der Waals surface area contributed by atoms with Gasteiger partial charge in [-0.15, -0.1) is 0 Å². The average Bonchev–Trinajstić information content (AvgIpc) is 3.26. The smallest absolute Gasteiger partial charge is 0.203 e. The summed E-state index contributed by atoms with van der Waals surface area (Å²) in [6, 6.07) is 11.5. The van der Waals surface area contributed by atoms with Crippen molar-refractivity contribution in [3.05, 3.63) is 61.3 Å². The predicted molar refractivity (Wildman–Crippen MR) is 121 cm³/mol. The first kappa shape index (κ1) is 20.2. The van der Waals surface area contributed by atoms with Crippen LogP contribution in [0.3, 0.4) is 0 Å². The SMILES string of the molecule is C=C(C)c1nc(Nc2cn(-c3cc(OC)c(OC)c(OC)c3)cn2)c2ccccc2n1. The van der Waals surface area contributed by atoms with Crippen molar-refractivity contribution < 1.29 is 14.2 Å². The van der Waals surface area contributed by atoms with E-state index in [2.05, 4.69) is 26.8 Å². The van der Waals surface area contributed by atoms with Crippen molar-refractivity contribution in [1.82, 2.24) is 19.5 Å². The van der Waals surface area contributed by atoms with Gasteiger partial charge in [0, 0.05) is 17.5 Å². The fourth-order valence-electron chi connectivity index (χ4n) is 3.23. The highest BCUT2D eigenvalue weighted by Gasteiger charge is 2.15. The molecule has 0 bridgehead atoms. The van der Waals surface area contributed by atoms with Crippen molar-refractivity contribution in [3.63, 3.8) is 0 Å². The molecular weight excluding hydrogens is 394 g/mol. The molecule has 0 aliphatic rings. The van der Waals surface area contributed by atoms with E-state index in [9.17, 15) is 0 Å². The van der Waals surface area contributed by atoms with Gasteiger partial charge in [-0.05, 0) is 24.6 Å². The van der Waals surface area contributed by atoms with Gasteiger partial charge >= 0.3 is 0 Å². The Morgan fingerprint density at radius 3 is 2.35 bits per heavy atom. The number of rotatable bonds is 7. The number of hydrogen-bond donors (Lipinski definition) is 1. The third kappa shape index (κ3) is 3.87. The molecule has 8 heteroatoms. The summed E-state index contributed by atoms with van der Waals surface area (Å²) in [5.74, 6) is 3.54. The van der Waals surface area contributed by atoms with Crippen LogP contribution in [0.1, 0.15) is 12.7 Å². The second kappa shape index (κ2) is 8.35. The summed E-state index contributed by atoms with van der Waals surface area (Å²) in [6.45, 7) is 5.85. The molecule has 0 saturated heterocycles. The van der Waals surface area contributed by atoms with Gasteiger partial charge in [0.1, 0.15) is 18.0 Å². The van der Waals surface area contributed by atoms with Crippen molar-refractivity contribution in [2.24, 2.45) is 0 Å². The summed E-state index contributed by atoms with van der Waals surface area (Å²) < 4.78 is 18.1. The van der Waals surface area contributed by atoms with Crippen LogP contribution >= 0.6 is 0 Å². The molecule has 2 aromatic heterocycles. The van der Waals surface area contributed by atoms with Crippen molar-refractivity contribution in [2.45, 2.75) is 6.92 Å². The van der Waals surface area contributed by atoms with E-state index < -0.39 is 0 Å². The second-order valence-electron chi connectivity index (χ2n) is 6.87. The molecule has 2 heterocycles. The zero-order chi connectivity index (χ0) is 22.0. The lowest BCUT2D eigenvalue weighted by Crippen LogP contribution is -2.01. The van der Waals surface area contributed by atoms with E-state index in [-0.39, 0.29) is 0 Å². The van der Waals surface area contributed by atoms with Gasteiger partial charge in [0.05, 0.1) is 38.7 Å². The zero-order valence-electron chi connectivity index (χ0n) is 17.8. The molecule has 31 heavy (non-hydrogen) atoms. The first-order chi connectivity index (χ1) is 15.0. The molecule has 0 aliphatic carbocycles.